The summed E-state index contributed by atoms with van der Waals surface area (Å²) in [5.41, 5.74) is 0. The smallest absolute Gasteiger partial charge is 0.234 e. The molecule has 1 atom stereocenters. The first-order valence-electron chi connectivity index (χ1n) is 8.69. The molecule has 0 aromatic carbocycles. The molecule has 1 saturated heterocycles. The molecule has 0 spiro atoms. The third kappa shape index (κ3) is 5.59. The highest BCUT2D eigenvalue weighted by atomic mass is 16.2. The van der Waals surface area contributed by atoms with Gasteiger partial charge in [-0.15, -0.1) is 0 Å². The van der Waals surface area contributed by atoms with Crippen molar-refractivity contribution in [2.45, 2.75) is 53.5 Å². The molecule has 1 heterocycles. The molecule has 0 aromatic rings. The number of likely N-dealkylation sites (tertiary alicyclic amines) is 1. The number of hydrogen-bond donors (Lipinski definition) is 1. The first-order valence-corrected chi connectivity index (χ1v) is 8.69. The predicted molar refractivity (Wildman–Crippen MR) is 89.5 cm³/mol. The molecule has 22 heavy (non-hydrogen) atoms. The summed E-state index contributed by atoms with van der Waals surface area (Å²) in [5.74, 6) is 0.951. The molecule has 5 nitrogen and oxygen atoms in total. The second-order valence-corrected chi connectivity index (χ2v) is 6.66. The van der Waals surface area contributed by atoms with E-state index in [0.29, 0.717) is 12.5 Å². The third-order valence-corrected chi connectivity index (χ3v) is 4.77. The SMILES string of the molecule is CCN(CC)C(=O)C1CCN(CC(=O)NC(C)C(C)C)CC1. The lowest BCUT2D eigenvalue weighted by Gasteiger charge is -2.33. The van der Waals surface area contributed by atoms with Crippen LogP contribution >= 0.6 is 0 Å². The zero-order chi connectivity index (χ0) is 16.7. The van der Waals surface area contributed by atoms with E-state index in [9.17, 15) is 9.59 Å². The second-order valence-electron chi connectivity index (χ2n) is 6.66. The van der Waals surface area contributed by atoms with Gasteiger partial charge in [-0.3, -0.25) is 14.5 Å². The van der Waals surface area contributed by atoms with Crippen molar-refractivity contribution >= 4 is 11.8 Å². The van der Waals surface area contributed by atoms with Gasteiger partial charge in [0.25, 0.3) is 0 Å². The average Bonchev–Trinajstić information content (AvgIpc) is 2.48. The zero-order valence-electron chi connectivity index (χ0n) is 14.9. The Morgan fingerprint density at radius 2 is 1.68 bits per heavy atom. The number of carbonyl (C=O) groups excluding carboxylic acids is 2. The molecule has 2 amide bonds. The van der Waals surface area contributed by atoms with Crippen LogP contribution in [0.2, 0.25) is 0 Å². The fraction of sp³-hybridized carbons (Fsp3) is 0.882. The van der Waals surface area contributed by atoms with Crippen LogP contribution in [0.5, 0.6) is 0 Å². The molecular formula is C17H33N3O2. The van der Waals surface area contributed by atoms with Gasteiger partial charge >= 0.3 is 0 Å². The Balaban J connectivity index is 2.36. The van der Waals surface area contributed by atoms with Gasteiger partial charge < -0.3 is 10.2 Å². The average molecular weight is 311 g/mol. The van der Waals surface area contributed by atoms with Crippen LogP contribution in [0.4, 0.5) is 0 Å². The van der Waals surface area contributed by atoms with Crippen molar-refractivity contribution in [1.29, 1.82) is 0 Å². The Morgan fingerprint density at radius 3 is 2.14 bits per heavy atom. The van der Waals surface area contributed by atoms with E-state index in [1.54, 1.807) is 0 Å². The summed E-state index contributed by atoms with van der Waals surface area (Å²) >= 11 is 0. The van der Waals surface area contributed by atoms with Crippen LogP contribution in [-0.2, 0) is 9.59 Å². The Kier molecular flexibility index (Phi) is 7.87. The van der Waals surface area contributed by atoms with E-state index in [1.807, 2.05) is 25.7 Å². The number of nitrogens with one attached hydrogen (secondary N) is 1. The van der Waals surface area contributed by atoms with Crippen LogP contribution < -0.4 is 5.32 Å². The van der Waals surface area contributed by atoms with Crippen molar-refractivity contribution < 1.29 is 9.59 Å². The minimum absolute atomic E-state index is 0.0923. The Labute approximate surface area is 135 Å². The van der Waals surface area contributed by atoms with Gasteiger partial charge in [0, 0.05) is 25.0 Å². The summed E-state index contributed by atoms with van der Waals surface area (Å²) in [7, 11) is 0. The van der Waals surface area contributed by atoms with Gasteiger partial charge in [0.15, 0.2) is 0 Å². The van der Waals surface area contributed by atoms with Crippen molar-refractivity contribution in [2.75, 3.05) is 32.7 Å². The summed E-state index contributed by atoms with van der Waals surface area (Å²) in [6.45, 7) is 14.0. The van der Waals surface area contributed by atoms with Crippen molar-refractivity contribution in [2.24, 2.45) is 11.8 Å². The van der Waals surface area contributed by atoms with Crippen LogP contribution in [0.15, 0.2) is 0 Å². The number of hydrogen-bond acceptors (Lipinski definition) is 3. The number of piperidine rings is 1. The molecule has 1 unspecified atom stereocenters. The van der Waals surface area contributed by atoms with Gasteiger partial charge in [0.1, 0.15) is 0 Å². The molecule has 0 aliphatic carbocycles. The highest BCUT2D eigenvalue weighted by Crippen LogP contribution is 2.19. The fourth-order valence-electron chi connectivity index (χ4n) is 2.80. The summed E-state index contributed by atoms with van der Waals surface area (Å²) in [6, 6.07) is 0.203. The van der Waals surface area contributed by atoms with Crippen molar-refractivity contribution in [3.8, 4) is 0 Å². The lowest BCUT2D eigenvalue weighted by molar-refractivity contribution is -0.136. The fourth-order valence-corrected chi connectivity index (χ4v) is 2.80. The first kappa shape index (κ1) is 18.9. The number of carbonyl (C=O) groups is 2. The maximum Gasteiger partial charge on any atom is 0.234 e. The number of amides is 2. The third-order valence-electron chi connectivity index (χ3n) is 4.77. The van der Waals surface area contributed by atoms with Crippen LogP contribution in [0.1, 0.15) is 47.5 Å². The molecule has 128 valence electrons. The quantitative estimate of drug-likeness (QED) is 0.779. The molecule has 1 rings (SSSR count). The molecule has 0 bridgehead atoms. The minimum Gasteiger partial charge on any atom is -0.352 e. The largest absolute Gasteiger partial charge is 0.352 e. The standard InChI is InChI=1S/C17H33N3O2/c1-6-20(7-2)17(22)15-8-10-19(11-9-15)12-16(21)18-14(5)13(3)4/h13-15H,6-12H2,1-5H3,(H,18,21). The van der Waals surface area contributed by atoms with E-state index in [2.05, 4.69) is 24.1 Å². The Morgan fingerprint density at radius 1 is 1.14 bits per heavy atom. The lowest BCUT2D eigenvalue weighted by atomic mass is 9.95. The maximum absolute atomic E-state index is 12.3. The first-order chi connectivity index (χ1) is 10.4. The van der Waals surface area contributed by atoms with Crippen molar-refractivity contribution in [1.82, 2.24) is 15.1 Å². The molecule has 1 aliphatic heterocycles. The highest BCUT2D eigenvalue weighted by molar-refractivity contribution is 5.79. The van der Waals surface area contributed by atoms with Crippen LogP contribution in [-0.4, -0.2) is 60.4 Å². The van der Waals surface area contributed by atoms with Gasteiger partial charge in [0.05, 0.1) is 6.54 Å². The lowest BCUT2D eigenvalue weighted by Crippen LogP contribution is -2.47. The van der Waals surface area contributed by atoms with Gasteiger partial charge in [-0.25, -0.2) is 0 Å². The Bertz CT molecular complexity index is 359. The minimum atomic E-state index is 0.0923. The molecule has 0 saturated carbocycles. The van der Waals surface area contributed by atoms with Crippen molar-refractivity contribution in [3.63, 3.8) is 0 Å². The molecule has 0 radical (unpaired) electrons. The summed E-state index contributed by atoms with van der Waals surface area (Å²) in [6.07, 6.45) is 1.73. The van der Waals surface area contributed by atoms with E-state index < -0.39 is 0 Å². The molecular weight excluding hydrogens is 278 g/mol. The Hall–Kier alpha value is -1.10. The van der Waals surface area contributed by atoms with Gasteiger partial charge in [0.2, 0.25) is 11.8 Å². The monoisotopic (exact) mass is 311 g/mol. The van der Waals surface area contributed by atoms with E-state index in [4.69, 9.17) is 0 Å². The summed E-state index contributed by atoms with van der Waals surface area (Å²) < 4.78 is 0. The van der Waals surface area contributed by atoms with E-state index in [-0.39, 0.29) is 23.8 Å². The topological polar surface area (TPSA) is 52.7 Å². The van der Waals surface area contributed by atoms with E-state index in [1.165, 1.54) is 0 Å². The van der Waals surface area contributed by atoms with E-state index in [0.717, 1.165) is 39.0 Å². The van der Waals surface area contributed by atoms with E-state index >= 15 is 0 Å². The van der Waals surface area contributed by atoms with Crippen LogP contribution in [0.25, 0.3) is 0 Å². The van der Waals surface area contributed by atoms with Crippen LogP contribution in [0, 0.1) is 11.8 Å². The normalized spacial score (nSPS) is 18.3. The molecule has 5 heteroatoms. The zero-order valence-corrected chi connectivity index (χ0v) is 14.9. The number of rotatable bonds is 7. The summed E-state index contributed by atoms with van der Waals surface area (Å²) in [4.78, 5) is 28.4. The molecule has 0 aromatic heterocycles. The number of nitrogens with zero attached hydrogens (tertiary/aromatic N) is 2. The van der Waals surface area contributed by atoms with Crippen molar-refractivity contribution in [3.05, 3.63) is 0 Å². The molecule has 1 fully saturated rings. The van der Waals surface area contributed by atoms with Gasteiger partial charge in [-0.1, -0.05) is 13.8 Å². The van der Waals surface area contributed by atoms with Gasteiger partial charge in [-0.05, 0) is 52.6 Å². The highest BCUT2D eigenvalue weighted by Gasteiger charge is 2.28. The molecule has 1 N–H and O–H groups in total. The summed E-state index contributed by atoms with van der Waals surface area (Å²) in [5, 5.41) is 3.04. The van der Waals surface area contributed by atoms with Crippen LogP contribution in [0.3, 0.4) is 0 Å². The second kappa shape index (κ2) is 9.13. The molecule has 1 aliphatic rings. The maximum atomic E-state index is 12.3. The van der Waals surface area contributed by atoms with Gasteiger partial charge in [-0.2, -0.15) is 0 Å². The predicted octanol–water partition coefficient (Wildman–Crippen LogP) is 1.73.